The second kappa shape index (κ2) is 5.80. The number of hydrogen-bond donors (Lipinski definition) is 0. The van der Waals surface area contributed by atoms with Gasteiger partial charge in [0.2, 0.25) is 0 Å². The van der Waals surface area contributed by atoms with Crippen molar-refractivity contribution < 1.29 is 0 Å². The van der Waals surface area contributed by atoms with Gasteiger partial charge in [-0.3, -0.25) is 0 Å². The van der Waals surface area contributed by atoms with Gasteiger partial charge in [0.15, 0.2) is 0 Å². The zero-order chi connectivity index (χ0) is 12.1. The van der Waals surface area contributed by atoms with Crippen molar-refractivity contribution in [2.45, 2.75) is 11.6 Å². The van der Waals surface area contributed by atoms with E-state index >= 15 is 0 Å². The number of halogens is 1. The summed E-state index contributed by atoms with van der Waals surface area (Å²) in [6, 6.07) is 21.3. The molecule has 0 N–H and O–H groups in total. The van der Waals surface area contributed by atoms with Gasteiger partial charge in [0.05, 0.1) is 0 Å². The highest BCUT2D eigenvalue weighted by atomic mass is 79.9. The normalized spacial score (nSPS) is 11.4. The van der Waals surface area contributed by atoms with Crippen LogP contribution in [0.15, 0.2) is 60.7 Å². The van der Waals surface area contributed by atoms with Crippen molar-refractivity contribution in [3.05, 3.63) is 71.8 Å². The van der Waals surface area contributed by atoms with Crippen LogP contribution in [-0.4, -0.2) is 5.33 Å². The lowest BCUT2D eigenvalue weighted by atomic mass is 9.88. The SMILES string of the molecule is PC(CCBr)(c1ccccc1)c1ccccc1. The molecule has 0 amide bonds. The molecule has 1 unspecified atom stereocenters. The van der Waals surface area contributed by atoms with E-state index in [1.54, 1.807) is 0 Å². The maximum absolute atomic E-state index is 3.57. The summed E-state index contributed by atoms with van der Waals surface area (Å²) in [5.74, 6) is 0. The number of alkyl halides is 1. The summed E-state index contributed by atoms with van der Waals surface area (Å²) in [5, 5.41) is 0.992. The molecular weight excluding hydrogens is 291 g/mol. The number of rotatable bonds is 4. The third-order valence-corrected chi connectivity index (χ3v) is 4.42. The van der Waals surface area contributed by atoms with E-state index in [1.807, 2.05) is 0 Å². The predicted octanol–water partition coefficient (Wildman–Crippen LogP) is 4.59. The van der Waals surface area contributed by atoms with Gasteiger partial charge >= 0.3 is 0 Å². The van der Waals surface area contributed by atoms with Gasteiger partial charge in [-0.05, 0) is 17.5 Å². The van der Waals surface area contributed by atoms with Crippen LogP contribution in [0.5, 0.6) is 0 Å². The Kier molecular flexibility index (Phi) is 4.36. The summed E-state index contributed by atoms with van der Waals surface area (Å²) in [7, 11) is 3.04. The largest absolute Gasteiger partial charge is 0.122 e. The highest BCUT2D eigenvalue weighted by molar-refractivity contribution is 9.09. The second-order valence-corrected chi connectivity index (χ2v) is 5.92. The van der Waals surface area contributed by atoms with Crippen molar-refractivity contribution in [3.8, 4) is 0 Å². The van der Waals surface area contributed by atoms with Crippen molar-refractivity contribution >= 4 is 25.2 Å². The summed E-state index contributed by atoms with van der Waals surface area (Å²) >= 11 is 3.57. The Bertz CT molecular complexity index is 413. The molecule has 2 aromatic rings. The molecule has 17 heavy (non-hydrogen) atoms. The molecule has 0 aliphatic heterocycles. The molecule has 0 spiro atoms. The van der Waals surface area contributed by atoms with Gasteiger partial charge in [0.25, 0.3) is 0 Å². The molecule has 0 nitrogen and oxygen atoms in total. The molecule has 0 aliphatic carbocycles. The molecule has 2 rings (SSSR count). The van der Waals surface area contributed by atoms with Crippen LogP contribution in [0.1, 0.15) is 17.5 Å². The molecular formula is C15H16BrP. The van der Waals surface area contributed by atoms with Crippen LogP contribution in [0.4, 0.5) is 0 Å². The number of benzene rings is 2. The topological polar surface area (TPSA) is 0 Å². The standard InChI is InChI=1S/C15H16BrP/c16-12-11-15(17,13-7-3-1-4-8-13)14-9-5-2-6-10-14/h1-10H,11-12,17H2. The summed E-state index contributed by atoms with van der Waals surface area (Å²) < 4.78 is 0. The Labute approximate surface area is 114 Å². The average molecular weight is 307 g/mol. The van der Waals surface area contributed by atoms with E-state index in [1.165, 1.54) is 11.1 Å². The van der Waals surface area contributed by atoms with E-state index in [0.29, 0.717) is 0 Å². The van der Waals surface area contributed by atoms with Crippen molar-refractivity contribution in [1.82, 2.24) is 0 Å². The molecule has 2 aromatic carbocycles. The van der Waals surface area contributed by atoms with Crippen LogP contribution in [0.2, 0.25) is 0 Å². The zero-order valence-electron chi connectivity index (χ0n) is 9.64. The minimum atomic E-state index is 0.00597. The van der Waals surface area contributed by atoms with Gasteiger partial charge in [-0.1, -0.05) is 76.6 Å². The third kappa shape index (κ3) is 2.78. The van der Waals surface area contributed by atoms with Crippen molar-refractivity contribution in [3.63, 3.8) is 0 Å². The summed E-state index contributed by atoms with van der Waals surface area (Å²) in [5.41, 5.74) is 2.69. The van der Waals surface area contributed by atoms with Crippen LogP contribution >= 0.6 is 25.2 Å². The molecule has 0 fully saturated rings. The summed E-state index contributed by atoms with van der Waals surface area (Å²) in [4.78, 5) is 0. The molecule has 88 valence electrons. The fourth-order valence-electron chi connectivity index (χ4n) is 2.08. The highest BCUT2D eigenvalue weighted by Crippen LogP contribution is 2.42. The zero-order valence-corrected chi connectivity index (χ0v) is 12.4. The molecule has 0 bridgehead atoms. The monoisotopic (exact) mass is 306 g/mol. The fourth-order valence-corrected chi connectivity index (χ4v) is 3.65. The van der Waals surface area contributed by atoms with Crippen molar-refractivity contribution in [1.29, 1.82) is 0 Å². The summed E-state index contributed by atoms with van der Waals surface area (Å²) in [6.07, 6.45) is 1.06. The molecule has 0 saturated carbocycles. The Hall–Kier alpha value is -0.650. The maximum Gasteiger partial charge on any atom is 0.0352 e. The van der Waals surface area contributed by atoms with E-state index in [2.05, 4.69) is 85.8 Å². The Morgan fingerprint density at radius 2 is 1.24 bits per heavy atom. The van der Waals surface area contributed by atoms with E-state index in [0.717, 1.165) is 11.8 Å². The number of hydrogen-bond acceptors (Lipinski definition) is 0. The van der Waals surface area contributed by atoms with Gasteiger partial charge in [0, 0.05) is 10.5 Å². The van der Waals surface area contributed by atoms with Crippen LogP contribution in [0.3, 0.4) is 0 Å². The van der Waals surface area contributed by atoms with Gasteiger partial charge < -0.3 is 0 Å². The van der Waals surface area contributed by atoms with Crippen LogP contribution < -0.4 is 0 Å². The highest BCUT2D eigenvalue weighted by Gasteiger charge is 2.27. The first-order valence-electron chi connectivity index (χ1n) is 5.73. The van der Waals surface area contributed by atoms with Gasteiger partial charge in [-0.25, -0.2) is 0 Å². The van der Waals surface area contributed by atoms with Gasteiger partial charge in [-0.15, -0.1) is 9.24 Å². The minimum absolute atomic E-state index is 0.00597. The van der Waals surface area contributed by atoms with Crippen LogP contribution in [0, 0.1) is 0 Å². The first-order chi connectivity index (χ1) is 8.27. The van der Waals surface area contributed by atoms with E-state index in [9.17, 15) is 0 Å². The Morgan fingerprint density at radius 1 is 0.824 bits per heavy atom. The molecule has 0 radical (unpaired) electrons. The summed E-state index contributed by atoms with van der Waals surface area (Å²) in [6.45, 7) is 0. The van der Waals surface area contributed by atoms with Gasteiger partial charge in [0.1, 0.15) is 0 Å². The van der Waals surface area contributed by atoms with Gasteiger partial charge in [-0.2, -0.15) is 0 Å². The lowest BCUT2D eigenvalue weighted by Crippen LogP contribution is -2.20. The quantitative estimate of drug-likeness (QED) is 0.572. The van der Waals surface area contributed by atoms with Crippen molar-refractivity contribution in [2.75, 3.05) is 5.33 Å². The first kappa shape index (κ1) is 12.8. The molecule has 1 atom stereocenters. The van der Waals surface area contributed by atoms with E-state index in [-0.39, 0.29) is 5.16 Å². The minimum Gasteiger partial charge on any atom is -0.122 e. The molecule has 0 saturated heterocycles. The van der Waals surface area contributed by atoms with Crippen LogP contribution in [-0.2, 0) is 5.16 Å². The smallest absolute Gasteiger partial charge is 0.0352 e. The lowest BCUT2D eigenvalue weighted by molar-refractivity contribution is 0.720. The van der Waals surface area contributed by atoms with Crippen molar-refractivity contribution in [2.24, 2.45) is 0 Å². The van der Waals surface area contributed by atoms with E-state index < -0.39 is 0 Å². The third-order valence-electron chi connectivity index (χ3n) is 3.07. The van der Waals surface area contributed by atoms with Crippen LogP contribution in [0.25, 0.3) is 0 Å². The molecule has 0 aliphatic rings. The average Bonchev–Trinajstić information content (AvgIpc) is 2.41. The maximum atomic E-state index is 3.57. The molecule has 0 aromatic heterocycles. The first-order valence-corrected chi connectivity index (χ1v) is 7.43. The Balaban J connectivity index is 2.47. The lowest BCUT2D eigenvalue weighted by Gasteiger charge is -2.30. The molecule has 0 heterocycles. The second-order valence-electron chi connectivity index (χ2n) is 4.14. The fraction of sp³-hybridized carbons (Fsp3) is 0.200. The predicted molar refractivity (Wildman–Crippen MR) is 81.8 cm³/mol. The Morgan fingerprint density at radius 3 is 1.59 bits per heavy atom. The van der Waals surface area contributed by atoms with E-state index in [4.69, 9.17) is 0 Å². The molecule has 2 heteroatoms.